The second kappa shape index (κ2) is 6.32. The fourth-order valence-electron chi connectivity index (χ4n) is 3.20. The smallest absolute Gasteiger partial charge is 0.282 e. The molecular weight excluding hydrogens is 347 g/mol. The van der Waals surface area contributed by atoms with E-state index in [-0.39, 0.29) is 12.4 Å². The minimum atomic E-state index is -1.29. The molecule has 4 atom stereocenters. The average Bonchev–Trinajstić information content (AvgIpc) is 3.18. The van der Waals surface area contributed by atoms with Crippen LogP contribution in [-0.4, -0.2) is 62.4 Å². The molecule has 4 N–H and O–H groups in total. The predicted molar refractivity (Wildman–Crippen MR) is 86.9 cm³/mol. The molecule has 10 heteroatoms. The minimum Gasteiger partial charge on any atom is -0.394 e. The van der Waals surface area contributed by atoms with Gasteiger partial charge in [-0.15, -0.1) is 0 Å². The molecule has 4 rings (SSSR count). The highest BCUT2D eigenvalue weighted by Gasteiger charge is 2.45. The number of ether oxygens (including phenoxy) is 1. The quantitative estimate of drug-likeness (QED) is 0.588. The molecule has 1 aromatic carbocycles. The van der Waals surface area contributed by atoms with Gasteiger partial charge in [0.2, 0.25) is 0 Å². The summed E-state index contributed by atoms with van der Waals surface area (Å²) >= 11 is 0. The lowest BCUT2D eigenvalue weighted by atomic mass is 10.1. The summed E-state index contributed by atoms with van der Waals surface area (Å²) in [5.74, 6) is -0.578. The molecule has 1 aromatic heterocycles. The number of hydrogen-bond donors (Lipinski definition) is 4. The Bertz CT molecular complexity index is 844. The zero-order valence-electron chi connectivity index (χ0n) is 13.5. The standard InChI is InChI=1S/C16H17FN4O5/c17-8-2-1-3-9(4-8)20-7-19-14-11(15(20)25)18-6-21(14)16-13(24)12(23)10(5-22)26-16/h1-4,6,10,12-13,16,19,22-24H,5,7H2/t10-,12-,13-,16-/m1/s1. The fraction of sp³-hybridized carbons (Fsp3) is 0.375. The van der Waals surface area contributed by atoms with E-state index >= 15 is 0 Å². The summed E-state index contributed by atoms with van der Waals surface area (Å²) in [5, 5.41) is 32.3. The lowest BCUT2D eigenvalue weighted by Crippen LogP contribution is -2.41. The van der Waals surface area contributed by atoms with E-state index in [9.17, 15) is 24.5 Å². The molecule has 0 radical (unpaired) electrons. The van der Waals surface area contributed by atoms with Crippen molar-refractivity contribution >= 4 is 17.4 Å². The third-order valence-corrected chi connectivity index (χ3v) is 4.56. The first-order chi connectivity index (χ1) is 12.5. The Labute approximate surface area is 147 Å². The molecule has 138 valence electrons. The zero-order valence-corrected chi connectivity index (χ0v) is 13.5. The largest absolute Gasteiger partial charge is 0.394 e. The van der Waals surface area contributed by atoms with Gasteiger partial charge in [0.05, 0.1) is 19.6 Å². The van der Waals surface area contributed by atoms with Crippen molar-refractivity contribution in [2.24, 2.45) is 0 Å². The predicted octanol–water partition coefficient (Wildman–Crippen LogP) is -0.337. The molecule has 3 heterocycles. The molecule has 2 aliphatic rings. The second-order valence-electron chi connectivity index (χ2n) is 6.13. The van der Waals surface area contributed by atoms with Crippen LogP contribution >= 0.6 is 0 Å². The van der Waals surface area contributed by atoms with Crippen LogP contribution in [0.5, 0.6) is 0 Å². The van der Waals surface area contributed by atoms with E-state index in [1.54, 1.807) is 6.07 Å². The molecular formula is C16H17FN4O5. The van der Waals surface area contributed by atoms with Crippen LogP contribution in [0.4, 0.5) is 15.9 Å². The number of rotatable bonds is 3. The number of nitrogens with one attached hydrogen (secondary N) is 1. The Kier molecular flexibility index (Phi) is 4.11. The van der Waals surface area contributed by atoms with Crippen molar-refractivity contribution in [1.82, 2.24) is 9.55 Å². The van der Waals surface area contributed by atoms with Gasteiger partial charge in [0.25, 0.3) is 5.91 Å². The van der Waals surface area contributed by atoms with Crippen LogP contribution < -0.4 is 10.2 Å². The van der Waals surface area contributed by atoms with Crippen LogP contribution in [0.2, 0.25) is 0 Å². The summed E-state index contributed by atoms with van der Waals surface area (Å²) in [6, 6.07) is 5.64. The molecule has 2 aromatic rings. The van der Waals surface area contributed by atoms with Gasteiger partial charge in [0, 0.05) is 5.69 Å². The van der Waals surface area contributed by atoms with Crippen molar-refractivity contribution < 1.29 is 29.2 Å². The first-order valence-corrected chi connectivity index (χ1v) is 8.02. The Morgan fingerprint density at radius 3 is 2.85 bits per heavy atom. The van der Waals surface area contributed by atoms with Crippen molar-refractivity contribution in [3.63, 3.8) is 0 Å². The van der Waals surface area contributed by atoms with Gasteiger partial charge in [0.1, 0.15) is 29.9 Å². The Balaban J connectivity index is 1.64. The molecule has 0 spiro atoms. The average molecular weight is 364 g/mol. The van der Waals surface area contributed by atoms with Crippen LogP contribution in [0.3, 0.4) is 0 Å². The van der Waals surface area contributed by atoms with E-state index in [1.807, 2.05) is 0 Å². The van der Waals surface area contributed by atoms with Gasteiger partial charge in [-0.25, -0.2) is 9.37 Å². The maximum Gasteiger partial charge on any atom is 0.282 e. The molecule has 2 aliphatic heterocycles. The van der Waals surface area contributed by atoms with Crippen molar-refractivity contribution in [2.45, 2.75) is 24.5 Å². The molecule has 0 unspecified atom stereocenters. The lowest BCUT2D eigenvalue weighted by Gasteiger charge is -2.29. The number of halogens is 1. The number of imidazole rings is 1. The second-order valence-corrected chi connectivity index (χ2v) is 6.13. The van der Waals surface area contributed by atoms with Gasteiger partial charge >= 0.3 is 0 Å². The zero-order chi connectivity index (χ0) is 18.4. The first kappa shape index (κ1) is 16.9. The summed E-state index contributed by atoms with van der Waals surface area (Å²) in [6.07, 6.45) is -3.17. The van der Waals surface area contributed by atoms with Gasteiger partial charge < -0.3 is 25.4 Å². The van der Waals surface area contributed by atoms with E-state index in [2.05, 4.69) is 10.3 Å². The van der Waals surface area contributed by atoms with Gasteiger partial charge in [-0.2, -0.15) is 0 Å². The highest BCUT2D eigenvalue weighted by atomic mass is 19.1. The van der Waals surface area contributed by atoms with Gasteiger partial charge in [-0.05, 0) is 18.2 Å². The highest BCUT2D eigenvalue weighted by Crippen LogP contribution is 2.34. The van der Waals surface area contributed by atoms with Crippen molar-refractivity contribution in [1.29, 1.82) is 0 Å². The third-order valence-electron chi connectivity index (χ3n) is 4.56. The fourth-order valence-corrected chi connectivity index (χ4v) is 3.20. The molecule has 0 aliphatic carbocycles. The van der Waals surface area contributed by atoms with Gasteiger partial charge in [-0.1, -0.05) is 6.07 Å². The van der Waals surface area contributed by atoms with E-state index < -0.39 is 42.9 Å². The number of amides is 1. The molecule has 1 amide bonds. The molecule has 0 bridgehead atoms. The number of fused-ring (bicyclic) bond motifs is 1. The number of aliphatic hydroxyl groups is 3. The Hall–Kier alpha value is -2.53. The molecule has 1 fully saturated rings. The first-order valence-electron chi connectivity index (χ1n) is 8.02. The number of anilines is 2. The monoisotopic (exact) mass is 364 g/mol. The summed E-state index contributed by atoms with van der Waals surface area (Å²) < 4.78 is 20.3. The summed E-state index contributed by atoms with van der Waals surface area (Å²) in [6.45, 7) is -0.388. The Morgan fingerprint density at radius 1 is 1.35 bits per heavy atom. The number of hydrogen-bond acceptors (Lipinski definition) is 7. The van der Waals surface area contributed by atoms with Crippen LogP contribution in [0, 0.1) is 5.82 Å². The van der Waals surface area contributed by atoms with E-state index in [0.717, 1.165) is 0 Å². The molecule has 1 saturated heterocycles. The van der Waals surface area contributed by atoms with Crippen molar-refractivity contribution in [2.75, 3.05) is 23.5 Å². The molecule has 26 heavy (non-hydrogen) atoms. The van der Waals surface area contributed by atoms with E-state index in [0.29, 0.717) is 11.5 Å². The normalized spacial score (nSPS) is 28.2. The van der Waals surface area contributed by atoms with E-state index in [4.69, 9.17) is 4.74 Å². The third kappa shape index (κ3) is 2.54. The summed E-state index contributed by atoms with van der Waals surface area (Å²) in [5.41, 5.74) is 0.467. The number of carbonyl (C=O) groups is 1. The van der Waals surface area contributed by atoms with Crippen LogP contribution in [0.25, 0.3) is 0 Å². The van der Waals surface area contributed by atoms with Crippen LogP contribution in [0.15, 0.2) is 30.6 Å². The maximum absolute atomic E-state index is 13.4. The SMILES string of the molecule is O=C1c2ncn([C@@H]3O[C@H](CO)[C@@H](O)[C@H]3O)c2NCN1c1cccc(F)c1. The van der Waals surface area contributed by atoms with Gasteiger partial charge in [-0.3, -0.25) is 14.3 Å². The Morgan fingerprint density at radius 2 is 2.15 bits per heavy atom. The molecule has 9 nitrogen and oxygen atoms in total. The topological polar surface area (TPSA) is 120 Å². The lowest BCUT2D eigenvalue weighted by molar-refractivity contribution is -0.0519. The summed E-state index contributed by atoms with van der Waals surface area (Å²) in [7, 11) is 0. The van der Waals surface area contributed by atoms with E-state index in [1.165, 1.54) is 34.0 Å². The van der Waals surface area contributed by atoms with Gasteiger partial charge in [0.15, 0.2) is 11.9 Å². The maximum atomic E-state index is 13.4. The minimum absolute atomic E-state index is 0.0653. The number of benzene rings is 1. The number of nitrogens with zero attached hydrogens (tertiary/aromatic N) is 3. The highest BCUT2D eigenvalue weighted by molar-refractivity contribution is 6.09. The number of carbonyl (C=O) groups excluding carboxylic acids is 1. The van der Waals surface area contributed by atoms with Crippen molar-refractivity contribution in [3.05, 3.63) is 42.1 Å². The van der Waals surface area contributed by atoms with Crippen LogP contribution in [-0.2, 0) is 4.74 Å². The summed E-state index contributed by atoms with van der Waals surface area (Å²) in [4.78, 5) is 18.1. The van der Waals surface area contributed by atoms with Crippen LogP contribution in [0.1, 0.15) is 16.7 Å². The van der Waals surface area contributed by atoms with Crippen molar-refractivity contribution in [3.8, 4) is 0 Å². The molecule has 0 saturated carbocycles. The number of aliphatic hydroxyl groups excluding tert-OH is 3. The number of aromatic nitrogens is 2.